The van der Waals surface area contributed by atoms with Gasteiger partial charge in [-0.25, -0.2) is 0 Å². The Morgan fingerprint density at radius 3 is 2.62 bits per heavy atom. The highest BCUT2D eigenvalue weighted by atomic mass is 32.1. The molecule has 0 spiro atoms. The predicted molar refractivity (Wildman–Crippen MR) is 57.6 cm³/mol. The number of amides is 1. The molecule has 1 amide bonds. The number of nitrogens with one attached hydrogen (secondary N) is 1. The van der Waals surface area contributed by atoms with Crippen LogP contribution in [0.25, 0.3) is 0 Å². The zero-order chi connectivity index (χ0) is 12.2. The first-order chi connectivity index (χ1) is 7.45. The summed E-state index contributed by atoms with van der Waals surface area (Å²) in [4.78, 5) is 11.4. The van der Waals surface area contributed by atoms with Gasteiger partial charge < -0.3 is 5.32 Å². The summed E-state index contributed by atoms with van der Waals surface area (Å²) in [6.07, 6.45) is -4.43. The number of thiol groups is 1. The van der Waals surface area contributed by atoms with E-state index in [4.69, 9.17) is 0 Å². The van der Waals surface area contributed by atoms with Crippen LogP contribution in [0.2, 0.25) is 0 Å². The first kappa shape index (κ1) is 12.9. The molecular formula is C10H10F3NOS. The number of carbonyl (C=O) groups is 1. The van der Waals surface area contributed by atoms with Crippen LogP contribution in [0.5, 0.6) is 0 Å². The van der Waals surface area contributed by atoms with Crippen LogP contribution in [0.4, 0.5) is 13.2 Å². The molecule has 1 aromatic carbocycles. The van der Waals surface area contributed by atoms with Gasteiger partial charge in [0.25, 0.3) is 5.91 Å². The smallest absolute Gasteiger partial charge is 0.351 e. The highest BCUT2D eigenvalue weighted by Crippen LogP contribution is 2.29. The molecule has 0 aromatic heterocycles. The minimum absolute atomic E-state index is 0.00314. The van der Waals surface area contributed by atoms with Crippen LogP contribution in [0.15, 0.2) is 24.3 Å². The Morgan fingerprint density at radius 2 is 2.06 bits per heavy atom. The largest absolute Gasteiger partial charge is 0.416 e. The normalized spacial score (nSPS) is 11.2. The first-order valence-electron chi connectivity index (χ1n) is 4.51. The highest BCUT2D eigenvalue weighted by Gasteiger charge is 2.30. The van der Waals surface area contributed by atoms with Gasteiger partial charge in [0.05, 0.1) is 5.56 Å². The molecule has 0 heterocycles. The van der Waals surface area contributed by atoms with Gasteiger partial charge in [-0.3, -0.25) is 4.79 Å². The van der Waals surface area contributed by atoms with Gasteiger partial charge in [0.1, 0.15) is 0 Å². The average Bonchev–Trinajstić information content (AvgIpc) is 2.25. The summed E-state index contributed by atoms with van der Waals surface area (Å²) in [5, 5.41) is 2.44. The third-order valence-electron chi connectivity index (χ3n) is 1.85. The van der Waals surface area contributed by atoms with E-state index in [-0.39, 0.29) is 5.56 Å². The van der Waals surface area contributed by atoms with E-state index < -0.39 is 17.6 Å². The number of hydrogen-bond donors (Lipinski definition) is 2. The minimum atomic E-state index is -4.43. The molecule has 0 bridgehead atoms. The van der Waals surface area contributed by atoms with Crippen molar-refractivity contribution in [3.63, 3.8) is 0 Å². The van der Waals surface area contributed by atoms with Gasteiger partial charge in [-0.05, 0) is 18.2 Å². The monoisotopic (exact) mass is 249 g/mol. The lowest BCUT2D eigenvalue weighted by Crippen LogP contribution is -2.25. The van der Waals surface area contributed by atoms with Crippen LogP contribution in [0.1, 0.15) is 15.9 Å². The number of alkyl halides is 3. The fourth-order valence-corrected chi connectivity index (χ4v) is 1.22. The number of benzene rings is 1. The lowest BCUT2D eigenvalue weighted by Gasteiger charge is -2.08. The standard InChI is InChI=1S/C10H10F3NOS/c11-10(12,13)8-3-1-2-7(6-8)9(15)14-4-5-16/h1-3,6,16H,4-5H2,(H,14,15). The highest BCUT2D eigenvalue weighted by molar-refractivity contribution is 7.80. The molecule has 1 rings (SSSR count). The van der Waals surface area contributed by atoms with Gasteiger partial charge >= 0.3 is 6.18 Å². The maximum absolute atomic E-state index is 12.3. The number of hydrogen-bond acceptors (Lipinski definition) is 2. The summed E-state index contributed by atoms with van der Waals surface area (Å²) in [6.45, 7) is 0.318. The molecule has 0 saturated carbocycles. The van der Waals surface area contributed by atoms with Gasteiger partial charge in [-0.1, -0.05) is 6.07 Å². The summed E-state index contributed by atoms with van der Waals surface area (Å²) in [7, 11) is 0. The Kier molecular flexibility index (Phi) is 4.23. The second kappa shape index (κ2) is 5.25. The fourth-order valence-electron chi connectivity index (χ4n) is 1.11. The van der Waals surface area contributed by atoms with Crippen molar-refractivity contribution in [2.24, 2.45) is 0 Å². The molecule has 0 saturated heterocycles. The molecule has 0 atom stereocenters. The van der Waals surface area contributed by atoms with Crippen molar-refractivity contribution < 1.29 is 18.0 Å². The van der Waals surface area contributed by atoms with E-state index in [0.29, 0.717) is 12.3 Å². The Balaban J connectivity index is 2.86. The van der Waals surface area contributed by atoms with Gasteiger partial charge in [0, 0.05) is 17.9 Å². The molecule has 2 nitrogen and oxygen atoms in total. The third kappa shape index (κ3) is 3.44. The summed E-state index contributed by atoms with van der Waals surface area (Å²) in [6, 6.07) is 4.30. The van der Waals surface area contributed by atoms with E-state index in [1.54, 1.807) is 0 Å². The molecule has 6 heteroatoms. The Bertz CT molecular complexity index is 379. The van der Waals surface area contributed by atoms with Crippen molar-refractivity contribution in [2.45, 2.75) is 6.18 Å². The van der Waals surface area contributed by atoms with Crippen molar-refractivity contribution in [1.82, 2.24) is 5.32 Å². The summed E-state index contributed by atoms with van der Waals surface area (Å²) in [5.41, 5.74) is -0.831. The van der Waals surface area contributed by atoms with Gasteiger partial charge in [0.15, 0.2) is 0 Å². The van der Waals surface area contributed by atoms with Crippen LogP contribution in [-0.2, 0) is 6.18 Å². The Morgan fingerprint density at radius 1 is 1.38 bits per heavy atom. The molecule has 0 radical (unpaired) electrons. The van der Waals surface area contributed by atoms with Gasteiger partial charge in [0.2, 0.25) is 0 Å². The molecule has 0 aliphatic rings. The molecule has 1 aromatic rings. The molecule has 0 unspecified atom stereocenters. The number of carbonyl (C=O) groups excluding carboxylic acids is 1. The van der Waals surface area contributed by atoms with Crippen molar-refractivity contribution in [2.75, 3.05) is 12.3 Å². The minimum Gasteiger partial charge on any atom is -0.351 e. The van der Waals surface area contributed by atoms with Crippen LogP contribution >= 0.6 is 12.6 Å². The van der Waals surface area contributed by atoms with Crippen molar-refractivity contribution in [3.05, 3.63) is 35.4 Å². The van der Waals surface area contributed by atoms with Gasteiger partial charge in [-0.2, -0.15) is 25.8 Å². The maximum atomic E-state index is 12.3. The zero-order valence-corrected chi connectivity index (χ0v) is 9.11. The van der Waals surface area contributed by atoms with E-state index in [2.05, 4.69) is 17.9 Å². The van der Waals surface area contributed by atoms with Crippen molar-refractivity contribution in [3.8, 4) is 0 Å². The SMILES string of the molecule is O=C(NCCS)c1cccc(C(F)(F)F)c1. The van der Waals surface area contributed by atoms with Crippen LogP contribution in [0.3, 0.4) is 0 Å². The second-order valence-electron chi connectivity index (χ2n) is 3.06. The molecule has 16 heavy (non-hydrogen) atoms. The Labute approximate surface area is 96.3 Å². The number of rotatable bonds is 3. The topological polar surface area (TPSA) is 29.1 Å². The second-order valence-corrected chi connectivity index (χ2v) is 3.51. The summed E-state index contributed by atoms with van der Waals surface area (Å²) < 4.78 is 37.0. The molecular weight excluding hydrogens is 239 g/mol. The lowest BCUT2D eigenvalue weighted by atomic mass is 10.1. The van der Waals surface area contributed by atoms with E-state index in [1.807, 2.05) is 0 Å². The zero-order valence-electron chi connectivity index (χ0n) is 8.21. The van der Waals surface area contributed by atoms with E-state index >= 15 is 0 Å². The molecule has 1 N–H and O–H groups in total. The summed E-state index contributed by atoms with van der Waals surface area (Å²) in [5.74, 6) is -0.0924. The average molecular weight is 249 g/mol. The van der Waals surface area contributed by atoms with E-state index in [0.717, 1.165) is 12.1 Å². The lowest BCUT2D eigenvalue weighted by molar-refractivity contribution is -0.137. The maximum Gasteiger partial charge on any atom is 0.416 e. The van der Waals surface area contributed by atoms with E-state index in [9.17, 15) is 18.0 Å². The first-order valence-corrected chi connectivity index (χ1v) is 5.14. The number of halogens is 3. The third-order valence-corrected chi connectivity index (χ3v) is 2.07. The fraction of sp³-hybridized carbons (Fsp3) is 0.300. The summed E-state index contributed by atoms with van der Waals surface area (Å²) >= 11 is 3.88. The van der Waals surface area contributed by atoms with Crippen molar-refractivity contribution in [1.29, 1.82) is 0 Å². The Hall–Kier alpha value is -1.17. The molecule has 88 valence electrons. The van der Waals surface area contributed by atoms with Gasteiger partial charge in [-0.15, -0.1) is 0 Å². The van der Waals surface area contributed by atoms with Crippen LogP contribution in [-0.4, -0.2) is 18.2 Å². The van der Waals surface area contributed by atoms with E-state index in [1.165, 1.54) is 12.1 Å². The molecule has 0 aliphatic heterocycles. The van der Waals surface area contributed by atoms with Crippen LogP contribution in [0, 0.1) is 0 Å². The molecule has 0 fully saturated rings. The predicted octanol–water partition coefficient (Wildman–Crippen LogP) is 2.37. The van der Waals surface area contributed by atoms with Crippen LogP contribution < -0.4 is 5.32 Å². The van der Waals surface area contributed by atoms with Crippen molar-refractivity contribution >= 4 is 18.5 Å². The molecule has 0 aliphatic carbocycles. The quantitative estimate of drug-likeness (QED) is 0.791.